The van der Waals surface area contributed by atoms with Gasteiger partial charge in [-0.1, -0.05) is 16.6 Å². The van der Waals surface area contributed by atoms with Gasteiger partial charge in [-0.05, 0) is 31.5 Å². The summed E-state index contributed by atoms with van der Waals surface area (Å²) in [5.41, 5.74) is 1.00. The van der Waals surface area contributed by atoms with Crippen molar-refractivity contribution < 1.29 is 0 Å². The molecule has 0 saturated carbocycles. The van der Waals surface area contributed by atoms with E-state index in [4.69, 9.17) is 0 Å². The molecule has 1 unspecified atom stereocenters. The maximum Gasteiger partial charge on any atom is 0.143 e. The van der Waals surface area contributed by atoms with Crippen molar-refractivity contribution in [1.82, 2.24) is 29.9 Å². The predicted molar refractivity (Wildman–Crippen MR) is 81.0 cm³/mol. The highest BCUT2D eigenvalue weighted by Gasteiger charge is 2.22. The highest BCUT2D eigenvalue weighted by molar-refractivity contribution is 7.18. The third-order valence-electron chi connectivity index (χ3n) is 3.87. The molecule has 4 heterocycles. The smallest absolute Gasteiger partial charge is 0.143 e. The molecule has 1 aliphatic heterocycles. The van der Waals surface area contributed by atoms with Crippen LogP contribution >= 0.6 is 11.3 Å². The van der Waals surface area contributed by atoms with Gasteiger partial charge in [-0.2, -0.15) is 0 Å². The van der Waals surface area contributed by atoms with Crippen molar-refractivity contribution in [1.29, 1.82) is 0 Å². The van der Waals surface area contributed by atoms with Crippen molar-refractivity contribution in [3.63, 3.8) is 0 Å². The molecule has 21 heavy (non-hydrogen) atoms. The fourth-order valence-corrected chi connectivity index (χ4v) is 3.82. The Morgan fingerprint density at radius 1 is 1.33 bits per heavy atom. The van der Waals surface area contributed by atoms with Gasteiger partial charge in [-0.25, -0.2) is 14.6 Å². The van der Waals surface area contributed by atoms with E-state index in [9.17, 15) is 0 Å². The maximum absolute atomic E-state index is 4.67. The van der Waals surface area contributed by atoms with Crippen molar-refractivity contribution in [2.75, 3.05) is 13.1 Å². The third-order valence-corrected chi connectivity index (χ3v) is 4.83. The van der Waals surface area contributed by atoms with E-state index >= 15 is 0 Å². The summed E-state index contributed by atoms with van der Waals surface area (Å²) in [7, 11) is 0. The van der Waals surface area contributed by atoms with Crippen LogP contribution in [0, 0.1) is 0 Å². The molecule has 0 bridgehead atoms. The SMILES string of the molecule is c1cnc2sc(CN3CCCC(n4ccnn4)C3)nc2c1. The van der Waals surface area contributed by atoms with Crippen LogP contribution in [0.3, 0.4) is 0 Å². The van der Waals surface area contributed by atoms with E-state index in [0.29, 0.717) is 6.04 Å². The number of nitrogens with zero attached hydrogens (tertiary/aromatic N) is 6. The summed E-state index contributed by atoms with van der Waals surface area (Å²) in [6, 6.07) is 4.39. The van der Waals surface area contributed by atoms with Crippen molar-refractivity contribution in [2.45, 2.75) is 25.4 Å². The first-order valence-corrected chi connectivity index (χ1v) is 7.99. The molecule has 1 saturated heterocycles. The molecule has 1 fully saturated rings. The molecule has 0 N–H and O–H groups in total. The summed E-state index contributed by atoms with van der Waals surface area (Å²) in [6.45, 7) is 3.02. The number of piperidine rings is 1. The molecule has 0 amide bonds. The minimum Gasteiger partial charge on any atom is -0.295 e. The van der Waals surface area contributed by atoms with Crippen LogP contribution in [0.2, 0.25) is 0 Å². The first-order chi connectivity index (χ1) is 10.4. The number of hydrogen-bond acceptors (Lipinski definition) is 6. The fourth-order valence-electron chi connectivity index (χ4n) is 2.88. The Hall–Kier alpha value is -1.86. The zero-order chi connectivity index (χ0) is 14.1. The van der Waals surface area contributed by atoms with Gasteiger partial charge in [-0.3, -0.25) is 4.90 Å². The molecule has 4 rings (SSSR count). The number of thiazole rings is 1. The number of fused-ring (bicyclic) bond motifs is 1. The Bertz CT molecular complexity index is 689. The molecule has 0 aromatic carbocycles. The minimum absolute atomic E-state index is 0.425. The van der Waals surface area contributed by atoms with Crippen molar-refractivity contribution in [2.24, 2.45) is 0 Å². The molecule has 0 aliphatic carbocycles. The molecule has 108 valence electrons. The van der Waals surface area contributed by atoms with Crippen LogP contribution in [0.5, 0.6) is 0 Å². The van der Waals surface area contributed by atoms with E-state index in [0.717, 1.165) is 35.0 Å². The molecular weight excluding hydrogens is 284 g/mol. The molecule has 0 spiro atoms. The van der Waals surface area contributed by atoms with Crippen LogP contribution in [0.25, 0.3) is 10.3 Å². The Morgan fingerprint density at radius 2 is 2.33 bits per heavy atom. The van der Waals surface area contributed by atoms with Crippen LogP contribution in [0.1, 0.15) is 23.9 Å². The molecule has 1 aliphatic rings. The fraction of sp³-hybridized carbons (Fsp3) is 0.429. The summed E-state index contributed by atoms with van der Waals surface area (Å²) in [6.07, 6.45) is 7.88. The van der Waals surface area contributed by atoms with Crippen molar-refractivity contribution in [3.8, 4) is 0 Å². The second kappa shape index (κ2) is 5.50. The number of aromatic nitrogens is 5. The summed E-state index contributed by atoms with van der Waals surface area (Å²) in [5.74, 6) is 0. The predicted octanol–water partition coefficient (Wildman–Crippen LogP) is 2.12. The van der Waals surface area contributed by atoms with Gasteiger partial charge < -0.3 is 0 Å². The lowest BCUT2D eigenvalue weighted by molar-refractivity contribution is 0.162. The normalized spacial score (nSPS) is 20.1. The van der Waals surface area contributed by atoms with E-state index in [1.165, 1.54) is 12.8 Å². The Morgan fingerprint density at radius 3 is 3.19 bits per heavy atom. The Balaban J connectivity index is 1.48. The standard InChI is InChI=1S/C14H16N6S/c1-4-12-14(15-5-1)21-13(17-12)10-19-7-2-3-11(9-19)20-8-6-16-18-20/h1,4-6,8,11H,2-3,7,9-10H2. The van der Waals surface area contributed by atoms with Gasteiger partial charge >= 0.3 is 0 Å². The lowest BCUT2D eigenvalue weighted by atomic mass is 10.1. The quantitative estimate of drug-likeness (QED) is 0.741. The molecular formula is C14H16N6S. The summed E-state index contributed by atoms with van der Waals surface area (Å²) in [5, 5.41) is 9.19. The molecule has 0 radical (unpaired) electrons. The van der Waals surface area contributed by atoms with Crippen molar-refractivity contribution in [3.05, 3.63) is 35.7 Å². The lowest BCUT2D eigenvalue weighted by Gasteiger charge is -2.31. The van der Waals surface area contributed by atoms with E-state index < -0.39 is 0 Å². The Labute approximate surface area is 126 Å². The topological polar surface area (TPSA) is 59.7 Å². The average molecular weight is 300 g/mol. The van der Waals surface area contributed by atoms with Gasteiger partial charge in [0.2, 0.25) is 0 Å². The third kappa shape index (κ3) is 2.66. The van der Waals surface area contributed by atoms with E-state index in [-0.39, 0.29) is 0 Å². The first kappa shape index (κ1) is 12.8. The van der Waals surface area contributed by atoms with Crippen LogP contribution in [-0.4, -0.2) is 43.0 Å². The largest absolute Gasteiger partial charge is 0.295 e. The van der Waals surface area contributed by atoms with Gasteiger partial charge in [0, 0.05) is 18.9 Å². The second-order valence-corrected chi connectivity index (χ2v) is 6.41. The van der Waals surface area contributed by atoms with Crippen LogP contribution < -0.4 is 0 Å². The zero-order valence-corrected chi connectivity index (χ0v) is 12.4. The van der Waals surface area contributed by atoms with Crippen LogP contribution in [0.15, 0.2) is 30.7 Å². The van der Waals surface area contributed by atoms with Gasteiger partial charge in [0.15, 0.2) is 0 Å². The summed E-state index contributed by atoms with van der Waals surface area (Å²) >= 11 is 1.69. The summed E-state index contributed by atoms with van der Waals surface area (Å²) in [4.78, 5) is 12.5. The van der Waals surface area contributed by atoms with Gasteiger partial charge in [-0.15, -0.1) is 5.10 Å². The minimum atomic E-state index is 0.425. The van der Waals surface area contributed by atoms with E-state index in [1.807, 2.05) is 29.2 Å². The van der Waals surface area contributed by atoms with Crippen molar-refractivity contribution >= 4 is 21.7 Å². The molecule has 7 heteroatoms. The van der Waals surface area contributed by atoms with Crippen LogP contribution in [0.4, 0.5) is 0 Å². The highest BCUT2D eigenvalue weighted by atomic mass is 32.1. The van der Waals surface area contributed by atoms with Crippen LogP contribution in [-0.2, 0) is 6.54 Å². The molecule has 1 atom stereocenters. The van der Waals surface area contributed by atoms with Gasteiger partial charge in [0.1, 0.15) is 15.4 Å². The Kier molecular flexibility index (Phi) is 3.36. The number of rotatable bonds is 3. The number of hydrogen-bond donors (Lipinski definition) is 0. The second-order valence-electron chi connectivity index (χ2n) is 5.35. The monoisotopic (exact) mass is 300 g/mol. The summed E-state index contributed by atoms with van der Waals surface area (Å²) < 4.78 is 1.98. The van der Waals surface area contributed by atoms with E-state index in [2.05, 4.69) is 25.2 Å². The highest BCUT2D eigenvalue weighted by Crippen LogP contribution is 2.25. The first-order valence-electron chi connectivity index (χ1n) is 7.17. The lowest BCUT2D eigenvalue weighted by Crippen LogP contribution is -2.36. The number of pyridine rings is 1. The van der Waals surface area contributed by atoms with Gasteiger partial charge in [0.25, 0.3) is 0 Å². The molecule has 3 aromatic rings. The molecule has 6 nitrogen and oxygen atoms in total. The van der Waals surface area contributed by atoms with E-state index in [1.54, 1.807) is 17.5 Å². The zero-order valence-electron chi connectivity index (χ0n) is 11.6. The molecule has 3 aromatic heterocycles. The maximum atomic E-state index is 4.67. The van der Waals surface area contributed by atoms with Gasteiger partial charge in [0.05, 0.1) is 18.8 Å². The number of likely N-dealkylation sites (tertiary alicyclic amines) is 1. The average Bonchev–Trinajstić information content (AvgIpc) is 3.16.